The number of aromatic amines is 1. The predicted octanol–water partition coefficient (Wildman–Crippen LogP) is 4.77. The number of aryl methyl sites for hydroxylation is 1. The van der Waals surface area contributed by atoms with Crippen LogP contribution in [0.1, 0.15) is 42.2 Å². The Morgan fingerprint density at radius 1 is 1.23 bits per heavy atom. The van der Waals surface area contributed by atoms with Crippen LogP contribution in [0.3, 0.4) is 0 Å². The molecule has 2 aromatic heterocycles. The molecule has 4 rings (SSSR count). The van der Waals surface area contributed by atoms with E-state index in [2.05, 4.69) is 4.98 Å². The number of aromatic nitrogens is 2. The molecule has 1 aliphatic rings. The van der Waals surface area contributed by atoms with Crippen LogP contribution in [0.4, 0.5) is 20.3 Å². The van der Waals surface area contributed by atoms with Crippen LogP contribution < -0.4 is 15.2 Å². The number of H-pyrrole nitrogens is 1. The van der Waals surface area contributed by atoms with Crippen molar-refractivity contribution in [3.8, 4) is 11.3 Å². The molecule has 7 nitrogen and oxygen atoms in total. The summed E-state index contributed by atoms with van der Waals surface area (Å²) in [5.74, 6) is -2.87. The van der Waals surface area contributed by atoms with Crippen LogP contribution in [0.2, 0.25) is 0 Å². The van der Waals surface area contributed by atoms with Gasteiger partial charge in [0.25, 0.3) is 0 Å². The van der Waals surface area contributed by atoms with Crippen LogP contribution >= 0.6 is 0 Å². The molecule has 0 bridgehead atoms. The number of hydrogen-bond acceptors (Lipinski definition) is 6. The lowest BCUT2D eigenvalue weighted by Crippen LogP contribution is -2.29. The number of esters is 1. The van der Waals surface area contributed by atoms with Crippen LogP contribution in [0.15, 0.2) is 35.1 Å². The highest BCUT2D eigenvalue weighted by Crippen LogP contribution is 2.38. The maximum Gasteiger partial charge on any atom is 0.343 e. The Morgan fingerprint density at radius 2 is 1.97 bits per heavy atom. The Bertz CT molecular complexity index is 1320. The zero-order valence-electron chi connectivity index (χ0n) is 20.5. The zero-order valence-corrected chi connectivity index (χ0v) is 20.5. The number of rotatable bonds is 5. The van der Waals surface area contributed by atoms with E-state index in [0.29, 0.717) is 35.7 Å². The van der Waals surface area contributed by atoms with Crippen molar-refractivity contribution < 1.29 is 18.3 Å². The number of alkyl halides is 2. The molecule has 0 saturated carbocycles. The Balaban J connectivity index is 1.98. The molecular formula is C26H30F2N4O3. The SMILES string of the molecule is CCOC(=O)c1c(C)[nH]c(-c2cc3ccccc3nc2N2CCCC(F)(F)CC2)c(N(C)C)c1=O. The van der Waals surface area contributed by atoms with E-state index in [-0.39, 0.29) is 37.2 Å². The van der Waals surface area contributed by atoms with Gasteiger partial charge in [-0.25, -0.2) is 18.6 Å². The average Bonchev–Trinajstić information content (AvgIpc) is 2.98. The predicted molar refractivity (Wildman–Crippen MR) is 134 cm³/mol. The van der Waals surface area contributed by atoms with Crippen molar-refractivity contribution >= 4 is 28.4 Å². The molecule has 3 aromatic rings. The lowest BCUT2D eigenvalue weighted by Gasteiger charge is -2.27. The zero-order chi connectivity index (χ0) is 25.3. The van der Waals surface area contributed by atoms with Crippen LogP contribution in [0.25, 0.3) is 22.2 Å². The highest BCUT2D eigenvalue weighted by atomic mass is 19.3. The molecule has 0 spiro atoms. The lowest BCUT2D eigenvalue weighted by molar-refractivity contribution is -0.0102. The first-order chi connectivity index (χ1) is 16.6. The van der Waals surface area contributed by atoms with E-state index in [1.54, 1.807) is 32.8 Å². The van der Waals surface area contributed by atoms with E-state index in [9.17, 15) is 18.4 Å². The smallest absolute Gasteiger partial charge is 0.343 e. The summed E-state index contributed by atoms with van der Waals surface area (Å²) in [6, 6.07) is 9.48. The molecule has 1 fully saturated rings. The summed E-state index contributed by atoms with van der Waals surface area (Å²) in [7, 11) is 3.44. The fraction of sp³-hybridized carbons (Fsp3) is 0.423. The third-order valence-electron chi connectivity index (χ3n) is 6.28. The lowest BCUT2D eigenvalue weighted by atomic mass is 10.0. The normalized spacial score (nSPS) is 15.7. The highest BCUT2D eigenvalue weighted by molar-refractivity contribution is 5.96. The number of benzene rings is 1. The number of anilines is 2. The first-order valence-electron chi connectivity index (χ1n) is 11.8. The van der Waals surface area contributed by atoms with Crippen molar-refractivity contribution in [3.63, 3.8) is 0 Å². The monoisotopic (exact) mass is 484 g/mol. The fourth-order valence-corrected chi connectivity index (χ4v) is 4.59. The average molecular weight is 485 g/mol. The molecule has 35 heavy (non-hydrogen) atoms. The minimum atomic E-state index is -2.72. The van der Waals surface area contributed by atoms with Crippen LogP contribution in [-0.2, 0) is 4.74 Å². The number of carbonyl (C=O) groups is 1. The van der Waals surface area contributed by atoms with Crippen LogP contribution in [0.5, 0.6) is 0 Å². The molecule has 0 radical (unpaired) electrons. The van der Waals surface area contributed by atoms with Gasteiger partial charge in [0.05, 0.1) is 17.8 Å². The van der Waals surface area contributed by atoms with Crippen LogP contribution in [0, 0.1) is 6.92 Å². The van der Waals surface area contributed by atoms with Gasteiger partial charge in [-0.2, -0.15) is 0 Å². The molecule has 1 saturated heterocycles. The first kappa shape index (κ1) is 24.6. The molecular weight excluding hydrogens is 454 g/mol. The van der Waals surface area contributed by atoms with E-state index in [1.165, 1.54) is 0 Å². The van der Waals surface area contributed by atoms with Crippen molar-refractivity contribution in [2.24, 2.45) is 0 Å². The van der Waals surface area contributed by atoms with E-state index >= 15 is 0 Å². The maximum absolute atomic E-state index is 14.1. The van der Waals surface area contributed by atoms with E-state index in [0.717, 1.165) is 10.9 Å². The van der Waals surface area contributed by atoms with Crippen molar-refractivity contribution in [1.29, 1.82) is 0 Å². The quantitative estimate of drug-likeness (QED) is 0.526. The molecule has 1 N–H and O–H groups in total. The highest BCUT2D eigenvalue weighted by Gasteiger charge is 2.33. The van der Waals surface area contributed by atoms with Gasteiger partial charge in [0.1, 0.15) is 17.1 Å². The number of nitrogens with one attached hydrogen (secondary N) is 1. The number of fused-ring (bicyclic) bond motifs is 1. The minimum absolute atomic E-state index is 0.0518. The van der Waals surface area contributed by atoms with Crippen molar-refractivity contribution in [3.05, 3.63) is 51.8 Å². The van der Waals surface area contributed by atoms with Gasteiger partial charge < -0.3 is 19.5 Å². The molecule has 1 aliphatic heterocycles. The number of hydrogen-bond donors (Lipinski definition) is 1. The number of ether oxygens (including phenoxy) is 1. The molecule has 9 heteroatoms. The standard InChI is InChI=1S/C26H30F2N4O3/c1-5-35-25(34)20-16(2)29-21(22(23(20)33)31(3)4)18-15-17-9-6-7-10-19(17)30-24(18)32-13-8-11-26(27,28)12-14-32/h6-7,9-10,15H,5,8,11-14H2,1-4H3,(H,29,33). The summed E-state index contributed by atoms with van der Waals surface area (Å²) >= 11 is 0. The van der Waals surface area contributed by atoms with Gasteiger partial charge in [-0.3, -0.25) is 4.79 Å². The number of nitrogens with zero attached hydrogens (tertiary/aromatic N) is 3. The molecule has 3 heterocycles. The van der Waals surface area contributed by atoms with Gasteiger partial charge in [-0.1, -0.05) is 18.2 Å². The summed E-state index contributed by atoms with van der Waals surface area (Å²) in [4.78, 5) is 37.7. The van der Waals surface area contributed by atoms with Crippen molar-refractivity contribution in [1.82, 2.24) is 9.97 Å². The third kappa shape index (κ3) is 4.85. The van der Waals surface area contributed by atoms with Gasteiger partial charge >= 0.3 is 5.97 Å². The van der Waals surface area contributed by atoms with E-state index in [4.69, 9.17) is 9.72 Å². The number of para-hydroxylation sites is 1. The molecule has 0 unspecified atom stereocenters. The van der Waals surface area contributed by atoms with Crippen molar-refractivity contribution in [2.75, 3.05) is 43.6 Å². The van der Waals surface area contributed by atoms with Gasteiger partial charge in [-0.05, 0) is 32.4 Å². The van der Waals surface area contributed by atoms with Gasteiger partial charge in [0, 0.05) is 56.7 Å². The molecule has 1 aromatic carbocycles. The Hall–Kier alpha value is -3.49. The summed E-state index contributed by atoms with van der Waals surface area (Å²) in [6.45, 7) is 4.05. The Labute approximate surface area is 202 Å². The van der Waals surface area contributed by atoms with Crippen LogP contribution in [-0.4, -0.2) is 55.7 Å². The molecule has 0 atom stereocenters. The third-order valence-corrected chi connectivity index (χ3v) is 6.28. The van der Waals surface area contributed by atoms with Gasteiger partial charge in [0.15, 0.2) is 0 Å². The van der Waals surface area contributed by atoms with E-state index < -0.39 is 17.3 Å². The summed E-state index contributed by atoms with van der Waals surface area (Å²) in [5.41, 5.74) is 1.97. The molecule has 0 amide bonds. The number of pyridine rings is 2. The minimum Gasteiger partial charge on any atom is -0.462 e. The van der Waals surface area contributed by atoms with Gasteiger partial charge in [-0.15, -0.1) is 0 Å². The summed E-state index contributed by atoms with van der Waals surface area (Å²) in [6.07, 6.45) is -0.100. The number of carbonyl (C=O) groups excluding carboxylic acids is 1. The second-order valence-corrected chi connectivity index (χ2v) is 9.04. The topological polar surface area (TPSA) is 78.5 Å². The molecule has 0 aliphatic carbocycles. The molecule has 186 valence electrons. The largest absolute Gasteiger partial charge is 0.462 e. The number of halogens is 2. The van der Waals surface area contributed by atoms with Crippen molar-refractivity contribution in [2.45, 2.75) is 39.0 Å². The Kier molecular flexibility index (Phi) is 6.78. The van der Waals surface area contributed by atoms with E-state index in [1.807, 2.05) is 35.2 Å². The van der Waals surface area contributed by atoms with Gasteiger partial charge in [0.2, 0.25) is 11.4 Å². The Morgan fingerprint density at radius 3 is 2.69 bits per heavy atom. The maximum atomic E-state index is 14.1. The summed E-state index contributed by atoms with van der Waals surface area (Å²) in [5, 5.41) is 0.851. The second kappa shape index (κ2) is 9.64. The summed E-state index contributed by atoms with van der Waals surface area (Å²) < 4.78 is 33.4. The fourth-order valence-electron chi connectivity index (χ4n) is 4.59. The first-order valence-corrected chi connectivity index (χ1v) is 11.8. The second-order valence-electron chi connectivity index (χ2n) is 9.04.